The van der Waals surface area contributed by atoms with Gasteiger partial charge in [0.25, 0.3) is 0 Å². The first kappa shape index (κ1) is 36.7. The SMILES string of the molecule is C#Cc1c(F)ccc2cc(OC(=O)C(c3ccccc3)N(C)C)cc(-c3ncc4c(N5CCCOCC5)nc(OC[C@@]56CCCN5C[C@H](F)C6)nc4c3F)c12. The van der Waals surface area contributed by atoms with Crippen LogP contribution in [0.5, 0.6) is 11.8 Å². The lowest BCUT2D eigenvalue weighted by molar-refractivity contribution is -0.139. The molecule has 8 rings (SSSR count). The molecule has 13 heteroatoms. The van der Waals surface area contributed by atoms with Crippen LogP contribution in [0, 0.1) is 24.0 Å². The van der Waals surface area contributed by atoms with Crippen molar-refractivity contribution in [3.63, 3.8) is 0 Å². The van der Waals surface area contributed by atoms with Crippen molar-refractivity contribution in [3.05, 3.63) is 83.6 Å². The second-order valence-electron chi connectivity index (χ2n) is 14.7. The Morgan fingerprint density at radius 3 is 2.73 bits per heavy atom. The highest BCUT2D eigenvalue weighted by molar-refractivity contribution is 6.03. The summed E-state index contributed by atoms with van der Waals surface area (Å²) in [6.45, 7) is 3.41. The van der Waals surface area contributed by atoms with E-state index < -0.39 is 35.4 Å². The van der Waals surface area contributed by atoms with Crippen LogP contribution in [0.25, 0.3) is 32.9 Å². The Morgan fingerprint density at radius 1 is 1.09 bits per heavy atom. The molecule has 1 unspecified atom stereocenters. The van der Waals surface area contributed by atoms with Crippen molar-refractivity contribution < 1.29 is 32.2 Å². The molecule has 0 spiro atoms. The molecule has 0 saturated carbocycles. The Bertz CT molecular complexity index is 2300. The standard InChI is InChI=1S/C42H41F3N6O4/c1-4-30-33(44)13-12-27-20-29(55-40(52)38(49(2)3)26-10-6-5-7-11-26)21-31(34(27)30)36-35(45)37-32(23-46-36)39(50-15-9-18-53-19-17-50)48-41(47-37)54-25-42-14-8-16-51(42)24-28(43)22-42/h1,5-7,10-13,20-21,23,28,38H,8-9,14-19,22,24-25H2,2-3H3/t28-,38?,42+/m1/s1. The summed E-state index contributed by atoms with van der Waals surface area (Å²) in [6.07, 6.45) is 9.16. The van der Waals surface area contributed by atoms with Crippen molar-refractivity contribution in [2.24, 2.45) is 0 Å². The fraction of sp³-hybridized carbons (Fsp3) is 0.381. The third-order valence-electron chi connectivity index (χ3n) is 10.9. The van der Waals surface area contributed by atoms with Gasteiger partial charge in [0, 0.05) is 49.8 Å². The summed E-state index contributed by atoms with van der Waals surface area (Å²) in [5.74, 6) is 0.860. The molecule has 284 valence electrons. The number of rotatable bonds is 9. The van der Waals surface area contributed by atoms with Gasteiger partial charge in [-0.3, -0.25) is 14.8 Å². The molecule has 0 N–H and O–H groups in total. The van der Waals surface area contributed by atoms with E-state index in [4.69, 9.17) is 25.6 Å². The summed E-state index contributed by atoms with van der Waals surface area (Å²) in [4.78, 5) is 33.5. The van der Waals surface area contributed by atoms with E-state index >= 15 is 8.78 Å². The molecule has 3 atom stereocenters. The second kappa shape index (κ2) is 15.1. The molecule has 3 aliphatic heterocycles. The van der Waals surface area contributed by atoms with Crippen LogP contribution in [0.3, 0.4) is 0 Å². The molecule has 0 bridgehead atoms. The number of terminal acetylenes is 1. The number of anilines is 1. The lowest BCUT2D eigenvalue weighted by atomic mass is 9.95. The van der Waals surface area contributed by atoms with Crippen molar-refractivity contribution in [2.45, 2.75) is 43.4 Å². The van der Waals surface area contributed by atoms with Crippen molar-refractivity contribution in [3.8, 4) is 35.4 Å². The molecule has 2 aromatic heterocycles. The molecule has 3 aromatic carbocycles. The number of carbonyl (C=O) groups is 1. The van der Waals surface area contributed by atoms with Crippen molar-refractivity contribution in [1.29, 1.82) is 0 Å². The number of hydrogen-bond donors (Lipinski definition) is 0. The van der Waals surface area contributed by atoms with Crippen molar-refractivity contribution in [2.75, 3.05) is 65.0 Å². The van der Waals surface area contributed by atoms with Gasteiger partial charge in [0.05, 0.1) is 23.1 Å². The van der Waals surface area contributed by atoms with Crippen LogP contribution in [0.4, 0.5) is 19.0 Å². The predicted octanol–water partition coefficient (Wildman–Crippen LogP) is 6.49. The summed E-state index contributed by atoms with van der Waals surface area (Å²) >= 11 is 0. The maximum Gasteiger partial charge on any atom is 0.333 e. The van der Waals surface area contributed by atoms with Crippen LogP contribution in [-0.4, -0.2) is 103 Å². The van der Waals surface area contributed by atoms with E-state index in [1.54, 1.807) is 25.1 Å². The summed E-state index contributed by atoms with van der Waals surface area (Å²) in [5.41, 5.74) is 0.00338. The highest BCUT2D eigenvalue weighted by Crippen LogP contribution is 2.42. The maximum absolute atomic E-state index is 17.3. The number of esters is 1. The average molecular weight is 751 g/mol. The Balaban J connectivity index is 1.25. The van der Waals surface area contributed by atoms with E-state index in [-0.39, 0.29) is 46.1 Å². The van der Waals surface area contributed by atoms with Crippen LogP contribution in [0.2, 0.25) is 0 Å². The number of aromatic nitrogens is 3. The highest BCUT2D eigenvalue weighted by Gasteiger charge is 2.49. The van der Waals surface area contributed by atoms with Gasteiger partial charge in [-0.2, -0.15) is 9.97 Å². The monoisotopic (exact) mass is 750 g/mol. The van der Waals surface area contributed by atoms with Crippen LogP contribution in [0.15, 0.2) is 60.8 Å². The normalized spacial score (nSPS) is 20.7. The van der Waals surface area contributed by atoms with E-state index in [1.165, 1.54) is 24.4 Å². The van der Waals surface area contributed by atoms with Gasteiger partial charge in [-0.05, 0) is 69.1 Å². The van der Waals surface area contributed by atoms with Gasteiger partial charge < -0.3 is 19.1 Å². The zero-order valence-electron chi connectivity index (χ0n) is 30.7. The number of benzene rings is 3. The van der Waals surface area contributed by atoms with Crippen LogP contribution in [0.1, 0.15) is 42.9 Å². The van der Waals surface area contributed by atoms with E-state index in [0.717, 1.165) is 31.4 Å². The summed E-state index contributed by atoms with van der Waals surface area (Å²) in [5, 5.41) is 0.975. The zero-order valence-corrected chi connectivity index (χ0v) is 30.7. The smallest absolute Gasteiger partial charge is 0.333 e. The Kier molecular flexibility index (Phi) is 10.1. The number of carbonyl (C=O) groups excluding carboxylic acids is 1. The third-order valence-corrected chi connectivity index (χ3v) is 10.9. The van der Waals surface area contributed by atoms with E-state index in [0.29, 0.717) is 55.9 Å². The summed E-state index contributed by atoms with van der Waals surface area (Å²) < 4.78 is 65.2. The maximum atomic E-state index is 17.3. The topological polar surface area (TPSA) is 93.2 Å². The van der Waals surface area contributed by atoms with Crippen molar-refractivity contribution >= 4 is 33.5 Å². The van der Waals surface area contributed by atoms with Crippen LogP contribution < -0.4 is 14.4 Å². The minimum atomic E-state index is -0.949. The molecule has 10 nitrogen and oxygen atoms in total. The zero-order chi connectivity index (χ0) is 38.3. The average Bonchev–Trinajstić information content (AvgIpc) is 3.55. The minimum Gasteiger partial charge on any atom is -0.461 e. The second-order valence-corrected chi connectivity index (χ2v) is 14.7. The fourth-order valence-corrected chi connectivity index (χ4v) is 8.37. The summed E-state index contributed by atoms with van der Waals surface area (Å²) in [7, 11) is 3.53. The number of pyridine rings is 1. The molecule has 3 aliphatic rings. The molecule has 0 amide bonds. The van der Waals surface area contributed by atoms with E-state index in [9.17, 15) is 9.18 Å². The van der Waals surface area contributed by atoms with Gasteiger partial charge in [-0.1, -0.05) is 42.3 Å². The largest absolute Gasteiger partial charge is 0.461 e. The first-order chi connectivity index (χ1) is 26.7. The van der Waals surface area contributed by atoms with Crippen LogP contribution in [-0.2, 0) is 9.53 Å². The van der Waals surface area contributed by atoms with Gasteiger partial charge >= 0.3 is 12.0 Å². The lowest BCUT2D eigenvalue weighted by Crippen LogP contribution is -2.43. The van der Waals surface area contributed by atoms with Gasteiger partial charge in [0.2, 0.25) is 0 Å². The summed E-state index contributed by atoms with van der Waals surface area (Å²) in [6, 6.07) is 14.1. The van der Waals surface area contributed by atoms with Gasteiger partial charge in [-0.15, -0.1) is 6.42 Å². The van der Waals surface area contributed by atoms with Gasteiger partial charge in [0.15, 0.2) is 5.82 Å². The predicted molar refractivity (Wildman–Crippen MR) is 203 cm³/mol. The fourth-order valence-electron chi connectivity index (χ4n) is 8.37. The molecule has 3 saturated heterocycles. The first-order valence-electron chi connectivity index (χ1n) is 18.5. The number of alkyl halides is 1. The Hall–Kier alpha value is -5.29. The molecular formula is C42H41F3N6O4. The number of fused-ring (bicyclic) bond motifs is 3. The Morgan fingerprint density at radius 2 is 1.93 bits per heavy atom. The minimum absolute atomic E-state index is 0.0502. The highest BCUT2D eigenvalue weighted by atomic mass is 19.1. The first-order valence-corrected chi connectivity index (χ1v) is 18.5. The van der Waals surface area contributed by atoms with E-state index in [1.807, 2.05) is 35.2 Å². The number of likely N-dealkylation sites (N-methyl/N-ethyl adjacent to an activating group) is 1. The quantitative estimate of drug-likeness (QED) is 0.0946. The van der Waals surface area contributed by atoms with Gasteiger partial charge in [0.1, 0.15) is 47.4 Å². The lowest BCUT2D eigenvalue weighted by Gasteiger charge is -2.31. The molecule has 55 heavy (non-hydrogen) atoms. The molecule has 0 aliphatic carbocycles. The number of ether oxygens (including phenoxy) is 3. The van der Waals surface area contributed by atoms with Crippen LogP contribution >= 0.6 is 0 Å². The molecule has 5 heterocycles. The van der Waals surface area contributed by atoms with Gasteiger partial charge in [-0.25, -0.2) is 18.0 Å². The molecule has 3 fully saturated rings. The number of hydrogen-bond acceptors (Lipinski definition) is 10. The molecular weight excluding hydrogens is 709 g/mol. The number of nitrogens with zero attached hydrogens (tertiary/aromatic N) is 6. The Labute approximate surface area is 317 Å². The molecule has 5 aromatic rings. The molecule has 0 radical (unpaired) electrons. The number of halogens is 3. The van der Waals surface area contributed by atoms with Crippen molar-refractivity contribution in [1.82, 2.24) is 24.8 Å². The third kappa shape index (κ3) is 6.94. The van der Waals surface area contributed by atoms with E-state index in [2.05, 4.69) is 20.8 Å².